The molecule has 0 spiro atoms. The van der Waals surface area contributed by atoms with Crippen molar-refractivity contribution in [1.29, 1.82) is 0 Å². The third-order valence-corrected chi connectivity index (χ3v) is 6.81. The molecule has 1 aromatic carbocycles. The third kappa shape index (κ3) is 3.54. The number of carbonyl (C=O) groups is 1. The molecular weight excluding hydrogens is 350 g/mol. The second-order valence-electron chi connectivity index (χ2n) is 6.59. The van der Waals surface area contributed by atoms with Gasteiger partial charge in [-0.2, -0.15) is 4.31 Å². The van der Waals surface area contributed by atoms with Crippen LogP contribution in [0.2, 0.25) is 0 Å². The minimum absolute atomic E-state index is 0.0500. The number of carbonyl (C=O) groups excluding carboxylic acids is 1. The molecule has 2 heterocycles. The van der Waals surface area contributed by atoms with E-state index in [1.54, 1.807) is 11.8 Å². The number of sulfonamides is 1. The highest BCUT2D eigenvalue weighted by Crippen LogP contribution is 2.18. The fraction of sp³-hybridized carbons (Fsp3) is 0.421. The summed E-state index contributed by atoms with van der Waals surface area (Å²) in [6, 6.07) is 11.7. The van der Waals surface area contributed by atoms with Gasteiger partial charge >= 0.3 is 0 Å². The van der Waals surface area contributed by atoms with E-state index in [1.807, 2.05) is 24.3 Å². The molecule has 0 unspecified atom stereocenters. The monoisotopic (exact) mass is 375 g/mol. The molecule has 0 radical (unpaired) electrons. The second kappa shape index (κ2) is 7.25. The molecular formula is C19H25N3O3S. The number of nitrogens with zero attached hydrogens (tertiary/aromatic N) is 3. The van der Waals surface area contributed by atoms with E-state index in [1.165, 1.54) is 4.31 Å². The van der Waals surface area contributed by atoms with Gasteiger partial charge in [-0.3, -0.25) is 4.79 Å². The van der Waals surface area contributed by atoms with Gasteiger partial charge < -0.3 is 9.47 Å². The first kappa shape index (κ1) is 18.7. The Labute approximate surface area is 155 Å². The molecule has 0 bridgehead atoms. The number of hydrogen-bond acceptors (Lipinski definition) is 3. The highest BCUT2D eigenvalue weighted by molar-refractivity contribution is 7.89. The summed E-state index contributed by atoms with van der Waals surface area (Å²) in [5.74, 6) is 0.0479. The molecule has 7 heteroatoms. The average Bonchev–Trinajstić information content (AvgIpc) is 3.00. The maximum atomic E-state index is 12.7. The van der Waals surface area contributed by atoms with Gasteiger partial charge in [-0.05, 0) is 57.2 Å². The van der Waals surface area contributed by atoms with Crippen molar-refractivity contribution in [2.24, 2.45) is 0 Å². The summed E-state index contributed by atoms with van der Waals surface area (Å²) in [6.45, 7) is 7.32. The van der Waals surface area contributed by atoms with Crippen molar-refractivity contribution in [3.63, 3.8) is 0 Å². The maximum Gasteiger partial charge on any atom is 0.253 e. The Hall–Kier alpha value is -2.12. The number of amides is 1. The number of rotatable bonds is 4. The summed E-state index contributed by atoms with van der Waals surface area (Å²) in [5.41, 5.74) is 3.95. The Morgan fingerprint density at radius 2 is 1.46 bits per heavy atom. The molecule has 6 nitrogen and oxygen atoms in total. The normalized spacial score (nSPS) is 16.0. The summed E-state index contributed by atoms with van der Waals surface area (Å²) in [6.07, 6.45) is 0. The van der Waals surface area contributed by atoms with Gasteiger partial charge in [-0.1, -0.05) is 0 Å². The minimum atomic E-state index is -3.18. The number of hydrogen-bond donors (Lipinski definition) is 0. The van der Waals surface area contributed by atoms with Gasteiger partial charge in [0.15, 0.2) is 0 Å². The van der Waals surface area contributed by atoms with E-state index in [0.717, 1.165) is 17.1 Å². The van der Waals surface area contributed by atoms with Crippen molar-refractivity contribution >= 4 is 15.9 Å². The first-order valence-electron chi connectivity index (χ1n) is 8.86. The van der Waals surface area contributed by atoms with E-state index in [0.29, 0.717) is 31.7 Å². The summed E-state index contributed by atoms with van der Waals surface area (Å²) in [7, 11) is -3.18. The molecule has 0 saturated carbocycles. The predicted octanol–water partition coefficient (Wildman–Crippen LogP) is 2.20. The molecule has 2 aromatic rings. The summed E-state index contributed by atoms with van der Waals surface area (Å²) < 4.78 is 27.5. The molecule has 0 N–H and O–H groups in total. The number of benzene rings is 1. The molecule has 140 valence electrons. The van der Waals surface area contributed by atoms with Crippen LogP contribution in [0, 0.1) is 13.8 Å². The van der Waals surface area contributed by atoms with Crippen molar-refractivity contribution < 1.29 is 13.2 Å². The fourth-order valence-corrected chi connectivity index (χ4v) is 4.45. The van der Waals surface area contributed by atoms with E-state index in [2.05, 4.69) is 30.5 Å². The van der Waals surface area contributed by atoms with Crippen LogP contribution in [0.15, 0.2) is 36.4 Å². The third-order valence-electron chi connectivity index (χ3n) is 4.93. The molecule has 1 aliphatic heterocycles. The average molecular weight is 375 g/mol. The van der Waals surface area contributed by atoms with Gasteiger partial charge in [0.2, 0.25) is 10.0 Å². The zero-order chi connectivity index (χ0) is 18.9. The Balaban J connectivity index is 1.70. The first-order valence-corrected chi connectivity index (χ1v) is 10.5. The molecule has 1 aliphatic rings. The van der Waals surface area contributed by atoms with Crippen LogP contribution in [0.3, 0.4) is 0 Å². The molecule has 26 heavy (non-hydrogen) atoms. The van der Waals surface area contributed by atoms with E-state index in [-0.39, 0.29) is 11.7 Å². The largest absolute Gasteiger partial charge is 0.336 e. The van der Waals surface area contributed by atoms with Crippen LogP contribution in [0.1, 0.15) is 28.7 Å². The van der Waals surface area contributed by atoms with Crippen molar-refractivity contribution in [3.8, 4) is 5.69 Å². The second-order valence-corrected chi connectivity index (χ2v) is 8.85. The van der Waals surface area contributed by atoms with E-state index in [4.69, 9.17) is 0 Å². The van der Waals surface area contributed by atoms with Gasteiger partial charge in [-0.25, -0.2) is 8.42 Å². The predicted molar refractivity (Wildman–Crippen MR) is 102 cm³/mol. The lowest BCUT2D eigenvalue weighted by Gasteiger charge is -2.33. The van der Waals surface area contributed by atoms with Crippen LogP contribution in [-0.4, -0.2) is 60.0 Å². The van der Waals surface area contributed by atoms with Crippen LogP contribution in [-0.2, 0) is 10.0 Å². The van der Waals surface area contributed by atoms with Crippen LogP contribution < -0.4 is 0 Å². The van der Waals surface area contributed by atoms with Crippen LogP contribution >= 0.6 is 0 Å². The molecule has 1 amide bonds. The van der Waals surface area contributed by atoms with Gasteiger partial charge in [0.25, 0.3) is 5.91 Å². The molecule has 0 atom stereocenters. The zero-order valence-electron chi connectivity index (χ0n) is 15.5. The topological polar surface area (TPSA) is 62.6 Å². The van der Waals surface area contributed by atoms with E-state index >= 15 is 0 Å². The Morgan fingerprint density at radius 1 is 0.923 bits per heavy atom. The summed E-state index contributed by atoms with van der Waals surface area (Å²) in [5, 5.41) is 0. The fourth-order valence-electron chi connectivity index (χ4n) is 3.36. The SMILES string of the molecule is CCS(=O)(=O)N1CCN(C(=O)c2ccc(-n3c(C)ccc3C)cc2)CC1. The van der Waals surface area contributed by atoms with Gasteiger partial charge in [0.05, 0.1) is 5.75 Å². The smallest absolute Gasteiger partial charge is 0.253 e. The highest BCUT2D eigenvalue weighted by atomic mass is 32.2. The molecule has 1 fully saturated rings. The van der Waals surface area contributed by atoms with Gasteiger partial charge in [-0.15, -0.1) is 0 Å². The Kier molecular flexibility index (Phi) is 5.20. The molecule has 0 aliphatic carbocycles. The number of piperazine rings is 1. The van der Waals surface area contributed by atoms with Crippen molar-refractivity contribution in [1.82, 2.24) is 13.8 Å². The lowest BCUT2D eigenvalue weighted by Crippen LogP contribution is -2.50. The Bertz CT molecular complexity index is 873. The number of aromatic nitrogens is 1. The molecule has 3 rings (SSSR count). The van der Waals surface area contributed by atoms with Crippen molar-refractivity contribution in [3.05, 3.63) is 53.3 Å². The van der Waals surface area contributed by atoms with Crippen LogP contribution in [0.4, 0.5) is 0 Å². The number of aryl methyl sites for hydroxylation is 2. The molecule has 1 aromatic heterocycles. The van der Waals surface area contributed by atoms with Gasteiger partial charge in [0, 0.05) is 48.8 Å². The lowest BCUT2D eigenvalue weighted by atomic mass is 10.1. The zero-order valence-corrected chi connectivity index (χ0v) is 16.3. The maximum absolute atomic E-state index is 12.7. The quantitative estimate of drug-likeness (QED) is 0.823. The minimum Gasteiger partial charge on any atom is -0.336 e. The standard InChI is InChI=1S/C19H25N3O3S/c1-4-26(24,25)21-13-11-20(12-14-21)19(23)17-7-9-18(10-8-17)22-15(2)5-6-16(22)3/h5-10H,4,11-14H2,1-3H3. The summed E-state index contributed by atoms with van der Waals surface area (Å²) in [4.78, 5) is 14.4. The van der Waals surface area contributed by atoms with Crippen LogP contribution in [0.5, 0.6) is 0 Å². The van der Waals surface area contributed by atoms with Crippen molar-refractivity contribution in [2.45, 2.75) is 20.8 Å². The van der Waals surface area contributed by atoms with Crippen LogP contribution in [0.25, 0.3) is 5.69 Å². The Morgan fingerprint density at radius 3 is 1.96 bits per heavy atom. The van der Waals surface area contributed by atoms with E-state index < -0.39 is 10.0 Å². The molecule has 1 saturated heterocycles. The van der Waals surface area contributed by atoms with Crippen molar-refractivity contribution in [2.75, 3.05) is 31.9 Å². The lowest BCUT2D eigenvalue weighted by molar-refractivity contribution is 0.0698. The summed E-state index contributed by atoms with van der Waals surface area (Å²) >= 11 is 0. The van der Waals surface area contributed by atoms with E-state index in [9.17, 15) is 13.2 Å². The van der Waals surface area contributed by atoms with Gasteiger partial charge in [0.1, 0.15) is 0 Å². The highest BCUT2D eigenvalue weighted by Gasteiger charge is 2.28. The first-order chi connectivity index (χ1) is 12.3.